The third-order valence-corrected chi connectivity index (χ3v) is 3.56. The first-order valence-electron chi connectivity index (χ1n) is 6.64. The molecule has 3 nitrogen and oxygen atoms in total. The van der Waals surface area contributed by atoms with Gasteiger partial charge in [0.15, 0.2) is 5.78 Å². The van der Waals surface area contributed by atoms with E-state index in [4.69, 9.17) is 0 Å². The molecule has 0 radical (unpaired) electrons. The lowest BCUT2D eigenvalue weighted by Gasteiger charge is -2.29. The third-order valence-electron chi connectivity index (χ3n) is 3.56. The molecule has 1 aromatic carbocycles. The molecule has 1 aromatic rings. The summed E-state index contributed by atoms with van der Waals surface area (Å²) in [5.74, 6) is 0.713. The Morgan fingerprint density at radius 1 is 1.33 bits per heavy atom. The largest absolute Gasteiger partial charge is 0.305 e. The van der Waals surface area contributed by atoms with E-state index >= 15 is 0 Å². The van der Waals surface area contributed by atoms with E-state index in [0.717, 1.165) is 25.2 Å². The topological polar surface area (TPSA) is 32.3 Å². The van der Waals surface area contributed by atoms with Crippen molar-refractivity contribution >= 4 is 5.78 Å². The van der Waals surface area contributed by atoms with Gasteiger partial charge in [-0.1, -0.05) is 38.1 Å². The highest BCUT2D eigenvalue weighted by atomic mass is 16.1. The minimum Gasteiger partial charge on any atom is -0.305 e. The molecule has 2 rings (SSSR count). The van der Waals surface area contributed by atoms with Crippen LogP contribution in [0.15, 0.2) is 24.3 Å². The lowest BCUT2D eigenvalue weighted by atomic mass is 9.97. The number of carbonyl (C=O) groups is 1. The standard InChI is InChI=1S/C15H22N2O/c1-11(2)12-4-6-13(7-5-12)15(18)14-10-17(3)9-8-16-14/h4-7,11,14,16H,8-10H2,1-3H3. The molecule has 1 saturated heterocycles. The van der Waals surface area contributed by atoms with Crippen LogP contribution in [0.4, 0.5) is 0 Å². The van der Waals surface area contributed by atoms with Gasteiger partial charge in [-0.25, -0.2) is 0 Å². The fraction of sp³-hybridized carbons (Fsp3) is 0.533. The quantitative estimate of drug-likeness (QED) is 0.827. The molecule has 3 heteroatoms. The number of piperazine rings is 1. The van der Waals surface area contributed by atoms with E-state index in [0.29, 0.717) is 5.92 Å². The van der Waals surface area contributed by atoms with Gasteiger partial charge in [0.25, 0.3) is 0 Å². The van der Waals surface area contributed by atoms with Crippen LogP contribution in [0.2, 0.25) is 0 Å². The number of Topliss-reactive ketones (excluding diaryl/α,β-unsaturated/α-hetero) is 1. The smallest absolute Gasteiger partial charge is 0.181 e. The minimum absolute atomic E-state index is 0.0614. The average Bonchev–Trinajstić information content (AvgIpc) is 2.38. The predicted molar refractivity (Wildman–Crippen MR) is 74.1 cm³/mol. The van der Waals surface area contributed by atoms with Crippen molar-refractivity contribution in [2.24, 2.45) is 0 Å². The van der Waals surface area contributed by atoms with Gasteiger partial charge in [-0.3, -0.25) is 4.79 Å². The molecule has 1 unspecified atom stereocenters. The summed E-state index contributed by atoms with van der Waals surface area (Å²) >= 11 is 0. The Labute approximate surface area is 109 Å². The van der Waals surface area contributed by atoms with Crippen molar-refractivity contribution in [1.82, 2.24) is 10.2 Å². The van der Waals surface area contributed by atoms with Crippen molar-refractivity contribution in [3.63, 3.8) is 0 Å². The second kappa shape index (κ2) is 5.63. The lowest BCUT2D eigenvalue weighted by molar-refractivity contribution is 0.0894. The molecule has 98 valence electrons. The highest BCUT2D eigenvalue weighted by Crippen LogP contribution is 2.16. The SMILES string of the molecule is CC(C)c1ccc(C(=O)C2CN(C)CCN2)cc1. The van der Waals surface area contributed by atoms with Crippen LogP contribution in [0, 0.1) is 0 Å². The van der Waals surface area contributed by atoms with Gasteiger partial charge in [-0.2, -0.15) is 0 Å². The van der Waals surface area contributed by atoms with Crippen molar-refractivity contribution in [3.8, 4) is 0 Å². The van der Waals surface area contributed by atoms with Crippen molar-refractivity contribution in [2.75, 3.05) is 26.7 Å². The summed E-state index contributed by atoms with van der Waals surface area (Å²) in [5.41, 5.74) is 2.09. The zero-order valence-corrected chi connectivity index (χ0v) is 11.4. The van der Waals surface area contributed by atoms with Crippen molar-refractivity contribution in [1.29, 1.82) is 0 Å². The highest BCUT2D eigenvalue weighted by molar-refractivity contribution is 6.00. The predicted octanol–water partition coefficient (Wildman–Crippen LogP) is 1.90. The van der Waals surface area contributed by atoms with Crippen LogP contribution in [0.3, 0.4) is 0 Å². The second-order valence-corrected chi connectivity index (χ2v) is 5.41. The van der Waals surface area contributed by atoms with E-state index < -0.39 is 0 Å². The summed E-state index contributed by atoms with van der Waals surface area (Å²) in [5, 5.41) is 3.29. The summed E-state index contributed by atoms with van der Waals surface area (Å²) in [4.78, 5) is 14.5. The summed E-state index contributed by atoms with van der Waals surface area (Å²) in [7, 11) is 2.06. The van der Waals surface area contributed by atoms with Crippen LogP contribution in [-0.2, 0) is 0 Å². The maximum Gasteiger partial charge on any atom is 0.181 e. The van der Waals surface area contributed by atoms with E-state index in [1.54, 1.807) is 0 Å². The number of nitrogens with zero attached hydrogens (tertiary/aromatic N) is 1. The van der Waals surface area contributed by atoms with Crippen molar-refractivity contribution < 1.29 is 4.79 Å². The molecule has 0 saturated carbocycles. The van der Waals surface area contributed by atoms with Gasteiger partial charge in [0.2, 0.25) is 0 Å². The number of rotatable bonds is 3. The average molecular weight is 246 g/mol. The fourth-order valence-electron chi connectivity index (χ4n) is 2.31. The number of nitrogens with one attached hydrogen (secondary N) is 1. The molecule has 1 atom stereocenters. The fourth-order valence-corrected chi connectivity index (χ4v) is 2.31. The number of hydrogen-bond acceptors (Lipinski definition) is 3. The Bertz CT molecular complexity index is 411. The van der Waals surface area contributed by atoms with Crippen LogP contribution in [-0.4, -0.2) is 43.4 Å². The Morgan fingerprint density at radius 3 is 2.56 bits per heavy atom. The molecule has 1 aliphatic rings. The summed E-state index contributed by atoms with van der Waals surface area (Å²) < 4.78 is 0. The summed E-state index contributed by atoms with van der Waals surface area (Å²) in [6, 6.07) is 7.96. The molecule has 0 aliphatic carbocycles. The van der Waals surface area contributed by atoms with Gasteiger partial charge >= 0.3 is 0 Å². The number of likely N-dealkylation sites (N-methyl/N-ethyl adjacent to an activating group) is 1. The molecule has 1 heterocycles. The van der Waals surface area contributed by atoms with E-state index in [1.807, 2.05) is 12.1 Å². The van der Waals surface area contributed by atoms with Crippen LogP contribution in [0.5, 0.6) is 0 Å². The van der Waals surface area contributed by atoms with E-state index in [1.165, 1.54) is 5.56 Å². The van der Waals surface area contributed by atoms with Gasteiger partial charge < -0.3 is 10.2 Å². The van der Waals surface area contributed by atoms with Gasteiger partial charge in [-0.15, -0.1) is 0 Å². The number of ketones is 1. The highest BCUT2D eigenvalue weighted by Gasteiger charge is 2.24. The first kappa shape index (κ1) is 13.2. The van der Waals surface area contributed by atoms with E-state index in [9.17, 15) is 4.79 Å². The van der Waals surface area contributed by atoms with Gasteiger partial charge in [0.1, 0.15) is 0 Å². The molecule has 0 aromatic heterocycles. The maximum atomic E-state index is 12.3. The monoisotopic (exact) mass is 246 g/mol. The minimum atomic E-state index is -0.0614. The van der Waals surface area contributed by atoms with Crippen LogP contribution in [0.25, 0.3) is 0 Å². The van der Waals surface area contributed by atoms with Gasteiger partial charge in [0, 0.05) is 25.2 Å². The van der Waals surface area contributed by atoms with Crippen LogP contribution < -0.4 is 5.32 Å². The molecule has 0 spiro atoms. The molecule has 1 fully saturated rings. The molecular weight excluding hydrogens is 224 g/mol. The molecule has 0 amide bonds. The Morgan fingerprint density at radius 2 is 2.00 bits per heavy atom. The first-order chi connectivity index (χ1) is 8.58. The van der Waals surface area contributed by atoms with Gasteiger partial charge in [-0.05, 0) is 18.5 Å². The van der Waals surface area contributed by atoms with Gasteiger partial charge in [0.05, 0.1) is 6.04 Å². The third kappa shape index (κ3) is 2.98. The van der Waals surface area contributed by atoms with E-state index in [2.05, 4.69) is 43.2 Å². The van der Waals surface area contributed by atoms with Crippen LogP contribution in [0.1, 0.15) is 35.7 Å². The van der Waals surface area contributed by atoms with E-state index in [-0.39, 0.29) is 11.8 Å². The zero-order valence-electron chi connectivity index (χ0n) is 11.4. The molecule has 1 aliphatic heterocycles. The number of carbonyl (C=O) groups excluding carboxylic acids is 1. The Hall–Kier alpha value is -1.19. The summed E-state index contributed by atoms with van der Waals surface area (Å²) in [6.07, 6.45) is 0. The first-order valence-corrected chi connectivity index (χ1v) is 6.64. The number of benzene rings is 1. The van der Waals surface area contributed by atoms with Crippen molar-refractivity contribution in [3.05, 3.63) is 35.4 Å². The second-order valence-electron chi connectivity index (χ2n) is 5.41. The summed E-state index contributed by atoms with van der Waals surface area (Å²) in [6.45, 7) is 7.01. The zero-order chi connectivity index (χ0) is 13.1. The maximum absolute atomic E-state index is 12.3. The normalized spacial score (nSPS) is 21.2. The van der Waals surface area contributed by atoms with Crippen molar-refractivity contribution in [2.45, 2.75) is 25.8 Å². The molecule has 0 bridgehead atoms. The lowest BCUT2D eigenvalue weighted by Crippen LogP contribution is -2.52. The molecule has 1 N–H and O–H groups in total. The number of hydrogen-bond donors (Lipinski definition) is 1. The molecule has 18 heavy (non-hydrogen) atoms. The Kier molecular flexibility index (Phi) is 4.15. The Balaban J connectivity index is 2.08. The van der Waals surface area contributed by atoms with Crippen LogP contribution >= 0.6 is 0 Å². The molecular formula is C15H22N2O.